The lowest BCUT2D eigenvalue weighted by Gasteiger charge is -2.10. The van der Waals surface area contributed by atoms with Gasteiger partial charge in [0.1, 0.15) is 35.8 Å². The van der Waals surface area contributed by atoms with Crippen molar-refractivity contribution in [1.29, 1.82) is 0 Å². The number of nitrogens with one attached hydrogen (secondary N) is 2. The Bertz CT molecular complexity index is 1880. The lowest BCUT2D eigenvalue weighted by Crippen LogP contribution is -2.17. The van der Waals surface area contributed by atoms with E-state index in [2.05, 4.69) is 50.2 Å². The van der Waals surface area contributed by atoms with Gasteiger partial charge in [0, 0.05) is 17.6 Å². The highest BCUT2D eigenvalue weighted by molar-refractivity contribution is 5.88. The van der Waals surface area contributed by atoms with Crippen molar-refractivity contribution in [3.8, 4) is 11.5 Å². The summed E-state index contributed by atoms with van der Waals surface area (Å²) in [6.07, 6.45) is -3.57. The number of anilines is 4. The molecule has 4 N–H and O–H groups in total. The van der Waals surface area contributed by atoms with Crippen LogP contribution >= 0.6 is 0 Å². The van der Waals surface area contributed by atoms with Crippen LogP contribution in [0.4, 0.5) is 49.4 Å². The van der Waals surface area contributed by atoms with Gasteiger partial charge in [-0.3, -0.25) is 4.68 Å². The van der Waals surface area contributed by atoms with E-state index in [-0.39, 0.29) is 24.7 Å². The molecule has 0 aliphatic heterocycles. The monoisotopic (exact) mass is 678 g/mol. The van der Waals surface area contributed by atoms with E-state index < -0.39 is 12.7 Å². The smallest absolute Gasteiger partial charge is 0.406 e. The summed E-state index contributed by atoms with van der Waals surface area (Å²) in [6, 6.07) is 10.5. The summed E-state index contributed by atoms with van der Waals surface area (Å²) >= 11 is 0. The zero-order valence-corrected chi connectivity index (χ0v) is 24.3. The zero-order chi connectivity index (χ0) is 34.3. The summed E-state index contributed by atoms with van der Waals surface area (Å²) in [5, 5.41) is 33.5. The topological polar surface area (TPSA) is 170 Å². The highest BCUT2D eigenvalue weighted by Gasteiger charge is 2.31. The van der Waals surface area contributed by atoms with E-state index in [1.165, 1.54) is 70.5 Å². The summed E-state index contributed by atoms with van der Waals surface area (Å²) in [7, 11) is 0. The van der Waals surface area contributed by atoms with Gasteiger partial charge in [-0.25, -0.2) is 24.6 Å². The van der Waals surface area contributed by atoms with Gasteiger partial charge < -0.3 is 30.3 Å². The minimum Gasteiger partial charge on any atom is -0.406 e. The fourth-order valence-corrected chi connectivity index (χ4v) is 4.21. The van der Waals surface area contributed by atoms with Crippen LogP contribution in [0.25, 0.3) is 22.1 Å². The molecule has 20 heteroatoms. The molecular formula is C28H24F6N10O4. The molecule has 0 saturated heterocycles. The molecule has 0 spiro atoms. The van der Waals surface area contributed by atoms with E-state index in [1.807, 2.05) is 0 Å². The first kappa shape index (κ1) is 33.6. The number of hydrogen-bond donors (Lipinski definition) is 4. The Kier molecular flexibility index (Phi) is 10.0. The van der Waals surface area contributed by atoms with Crippen molar-refractivity contribution in [2.24, 2.45) is 0 Å². The Labute approximate surface area is 265 Å². The van der Waals surface area contributed by atoms with E-state index in [1.54, 1.807) is 12.4 Å². The first-order valence-corrected chi connectivity index (χ1v) is 13.7. The maximum Gasteiger partial charge on any atom is 0.573 e. The van der Waals surface area contributed by atoms with Crippen LogP contribution in [0.2, 0.25) is 0 Å². The Morgan fingerprint density at radius 3 is 1.71 bits per heavy atom. The number of aliphatic hydroxyl groups is 2. The lowest BCUT2D eigenvalue weighted by atomic mass is 10.3. The van der Waals surface area contributed by atoms with Gasteiger partial charge in [0.2, 0.25) is 0 Å². The Morgan fingerprint density at radius 1 is 0.667 bits per heavy atom. The molecule has 0 aliphatic rings. The van der Waals surface area contributed by atoms with Gasteiger partial charge in [0.15, 0.2) is 11.3 Å². The molecule has 0 atom stereocenters. The zero-order valence-electron chi connectivity index (χ0n) is 24.3. The van der Waals surface area contributed by atoms with Crippen molar-refractivity contribution in [3.05, 3.63) is 73.6 Å². The van der Waals surface area contributed by atoms with Crippen molar-refractivity contribution in [1.82, 2.24) is 39.5 Å². The summed E-state index contributed by atoms with van der Waals surface area (Å²) in [5.41, 5.74) is 2.04. The highest BCUT2D eigenvalue weighted by Crippen LogP contribution is 2.28. The van der Waals surface area contributed by atoms with Gasteiger partial charge in [-0.2, -0.15) is 10.2 Å². The highest BCUT2D eigenvalue weighted by atomic mass is 19.4. The number of aliphatic hydroxyl groups excluding tert-OH is 2. The first-order valence-electron chi connectivity index (χ1n) is 13.7. The Balaban J connectivity index is 0.000000188. The number of alkyl halides is 6. The third kappa shape index (κ3) is 8.94. The standard InChI is InChI=1S/2C14H12F3N5O2/c15-14(16,17)24-10-3-1-9(2-4-10)20-12-11-7-22(5-6-23)21-13(11)19-8-18-12;15-14(16,17)24-10-3-1-9(2-4-10)21-12-11-7-20-22(5-6-23)13(11)19-8-18-12/h1-4,7-8,23H,5-6H2,(H,18,19,20,21);1-4,7-8,23H,5-6H2,(H,18,19,21). The van der Waals surface area contributed by atoms with Gasteiger partial charge in [0.05, 0.1) is 43.3 Å². The number of aromatic nitrogens is 8. The molecule has 4 aromatic heterocycles. The molecule has 252 valence electrons. The third-order valence-electron chi connectivity index (χ3n) is 6.14. The van der Waals surface area contributed by atoms with Crippen LogP contribution in [0.3, 0.4) is 0 Å². The molecule has 14 nitrogen and oxygen atoms in total. The maximum atomic E-state index is 12.1. The van der Waals surface area contributed by atoms with E-state index in [0.29, 0.717) is 58.2 Å². The van der Waals surface area contributed by atoms with Crippen molar-refractivity contribution in [2.45, 2.75) is 25.8 Å². The normalized spacial score (nSPS) is 11.7. The second kappa shape index (κ2) is 14.3. The molecular weight excluding hydrogens is 654 g/mol. The summed E-state index contributed by atoms with van der Waals surface area (Å²) in [4.78, 5) is 16.4. The number of ether oxygens (including phenoxy) is 2. The molecule has 0 fully saturated rings. The molecule has 0 unspecified atom stereocenters. The van der Waals surface area contributed by atoms with Crippen LogP contribution in [-0.2, 0) is 13.1 Å². The predicted molar refractivity (Wildman–Crippen MR) is 158 cm³/mol. The second-order valence-electron chi connectivity index (χ2n) is 9.52. The molecule has 0 saturated carbocycles. The van der Waals surface area contributed by atoms with Crippen LogP contribution < -0.4 is 20.1 Å². The van der Waals surface area contributed by atoms with Crippen LogP contribution in [0.1, 0.15) is 0 Å². The fourth-order valence-electron chi connectivity index (χ4n) is 4.21. The number of fused-ring (bicyclic) bond motifs is 2. The lowest BCUT2D eigenvalue weighted by molar-refractivity contribution is -0.275. The van der Waals surface area contributed by atoms with Crippen molar-refractivity contribution in [2.75, 3.05) is 23.8 Å². The number of benzene rings is 2. The van der Waals surface area contributed by atoms with Crippen LogP contribution in [-0.4, -0.2) is 75.6 Å². The first-order chi connectivity index (χ1) is 22.9. The van der Waals surface area contributed by atoms with E-state index in [9.17, 15) is 26.3 Å². The molecule has 0 bridgehead atoms. The van der Waals surface area contributed by atoms with Gasteiger partial charge in [-0.1, -0.05) is 0 Å². The summed E-state index contributed by atoms with van der Waals surface area (Å²) < 4.78 is 83.6. The molecule has 0 aliphatic carbocycles. The minimum atomic E-state index is -4.73. The van der Waals surface area contributed by atoms with E-state index >= 15 is 0 Å². The number of nitrogens with zero attached hydrogens (tertiary/aromatic N) is 8. The molecule has 4 heterocycles. The average molecular weight is 679 g/mol. The molecule has 6 rings (SSSR count). The van der Waals surface area contributed by atoms with Gasteiger partial charge in [0.25, 0.3) is 0 Å². The van der Waals surface area contributed by atoms with E-state index in [4.69, 9.17) is 10.2 Å². The second-order valence-corrected chi connectivity index (χ2v) is 9.52. The number of rotatable bonds is 10. The molecule has 0 radical (unpaired) electrons. The van der Waals surface area contributed by atoms with Crippen LogP contribution in [0.15, 0.2) is 73.6 Å². The molecule has 6 aromatic rings. The fraction of sp³-hybridized carbons (Fsp3) is 0.214. The summed E-state index contributed by atoms with van der Waals surface area (Å²) in [6.45, 7) is 0.470. The molecule has 2 aromatic carbocycles. The Morgan fingerprint density at radius 2 is 1.19 bits per heavy atom. The third-order valence-corrected chi connectivity index (χ3v) is 6.14. The van der Waals surface area contributed by atoms with Gasteiger partial charge in [-0.05, 0) is 48.5 Å². The number of hydrogen-bond acceptors (Lipinski definition) is 12. The predicted octanol–water partition coefficient (Wildman–Crippen LogP) is 4.92. The van der Waals surface area contributed by atoms with Crippen molar-refractivity contribution in [3.63, 3.8) is 0 Å². The summed E-state index contributed by atoms with van der Waals surface area (Å²) in [5.74, 6) is 0.288. The SMILES string of the molecule is OCCn1cc2c(Nc3ccc(OC(F)(F)F)cc3)ncnc2n1.OCCn1ncc2c(Nc3ccc(OC(F)(F)F)cc3)ncnc21. The molecule has 48 heavy (non-hydrogen) atoms. The van der Waals surface area contributed by atoms with Gasteiger partial charge in [-0.15, -0.1) is 26.3 Å². The Hall–Kier alpha value is -5.76. The van der Waals surface area contributed by atoms with Crippen molar-refractivity contribution < 1.29 is 46.0 Å². The van der Waals surface area contributed by atoms with Crippen LogP contribution in [0.5, 0.6) is 11.5 Å². The molecule has 0 amide bonds. The minimum absolute atomic E-state index is 0.0646. The maximum absolute atomic E-state index is 12.1. The van der Waals surface area contributed by atoms with Gasteiger partial charge >= 0.3 is 12.7 Å². The largest absolute Gasteiger partial charge is 0.573 e. The van der Waals surface area contributed by atoms with E-state index in [0.717, 1.165) is 0 Å². The van der Waals surface area contributed by atoms with Crippen molar-refractivity contribution >= 4 is 45.1 Å². The quantitative estimate of drug-likeness (QED) is 0.145. The average Bonchev–Trinajstić information content (AvgIpc) is 3.64. The van der Waals surface area contributed by atoms with Crippen LogP contribution in [0, 0.1) is 0 Å². The number of halogens is 6.